The molecule has 2 unspecified atom stereocenters. The van der Waals surface area contributed by atoms with E-state index in [1.165, 1.54) is 25.7 Å². The van der Waals surface area contributed by atoms with Crippen LogP contribution in [0.15, 0.2) is 0 Å². The average molecular weight is 262 g/mol. The van der Waals surface area contributed by atoms with Crippen LogP contribution in [0.5, 0.6) is 0 Å². The summed E-state index contributed by atoms with van der Waals surface area (Å²) in [5, 5.41) is 3.69. The van der Waals surface area contributed by atoms with Crippen molar-refractivity contribution in [3.8, 4) is 0 Å². The molecule has 0 aromatic rings. The number of hydrogen-bond acceptors (Lipinski definition) is 2. The molecule has 0 spiro atoms. The minimum atomic E-state index is -0.0409. The fourth-order valence-corrected chi connectivity index (χ4v) is 3.06. The van der Waals surface area contributed by atoms with E-state index in [1.807, 2.05) is 0 Å². The molecule has 0 saturated heterocycles. The molecule has 0 bridgehead atoms. The summed E-state index contributed by atoms with van der Waals surface area (Å²) >= 11 is 6.19. The van der Waals surface area contributed by atoms with E-state index in [1.54, 1.807) is 7.11 Å². The van der Waals surface area contributed by atoms with Crippen LogP contribution < -0.4 is 5.32 Å². The van der Waals surface area contributed by atoms with Crippen molar-refractivity contribution in [3.63, 3.8) is 0 Å². The van der Waals surface area contributed by atoms with Crippen molar-refractivity contribution in [3.05, 3.63) is 0 Å². The third-order valence-corrected chi connectivity index (χ3v) is 4.64. The lowest BCUT2D eigenvalue weighted by molar-refractivity contribution is 0.0135. The summed E-state index contributed by atoms with van der Waals surface area (Å²) < 4.78 is 5.44. The molecule has 102 valence electrons. The van der Waals surface area contributed by atoms with Crippen LogP contribution in [-0.4, -0.2) is 30.7 Å². The van der Waals surface area contributed by atoms with Gasteiger partial charge in [0, 0.05) is 18.5 Å². The summed E-state index contributed by atoms with van der Waals surface area (Å²) in [6.07, 6.45) is 6.10. The smallest absolute Gasteiger partial charge is 0.0634 e. The van der Waals surface area contributed by atoms with E-state index in [0.29, 0.717) is 0 Å². The van der Waals surface area contributed by atoms with Crippen molar-refractivity contribution >= 4 is 11.6 Å². The largest absolute Gasteiger partial charge is 0.379 e. The molecule has 1 fully saturated rings. The molecule has 2 nitrogen and oxygen atoms in total. The van der Waals surface area contributed by atoms with Crippen LogP contribution in [0.1, 0.15) is 52.9 Å². The molecule has 1 aliphatic rings. The Labute approximate surface area is 111 Å². The normalized spacial score (nSPS) is 30.5. The second-order valence-corrected chi connectivity index (χ2v) is 6.52. The first kappa shape index (κ1) is 15.3. The summed E-state index contributed by atoms with van der Waals surface area (Å²) in [5.74, 6) is 1.52. The number of halogens is 1. The van der Waals surface area contributed by atoms with Gasteiger partial charge in [0.2, 0.25) is 0 Å². The summed E-state index contributed by atoms with van der Waals surface area (Å²) in [4.78, 5) is 0. The predicted octanol–water partition coefficient (Wildman–Crippen LogP) is 3.58. The molecule has 0 aliphatic heterocycles. The lowest BCUT2D eigenvalue weighted by Crippen LogP contribution is -2.51. The Morgan fingerprint density at radius 2 is 2.18 bits per heavy atom. The number of rotatable bonds is 6. The van der Waals surface area contributed by atoms with E-state index in [0.717, 1.165) is 24.8 Å². The van der Waals surface area contributed by atoms with Gasteiger partial charge in [0.1, 0.15) is 0 Å². The van der Waals surface area contributed by atoms with Crippen molar-refractivity contribution in [2.45, 2.75) is 64.0 Å². The summed E-state index contributed by atoms with van der Waals surface area (Å²) in [5.41, 5.74) is 0.129. The van der Waals surface area contributed by atoms with Crippen LogP contribution in [0.4, 0.5) is 0 Å². The Balaban J connectivity index is 2.41. The maximum atomic E-state index is 6.19. The van der Waals surface area contributed by atoms with E-state index in [2.05, 4.69) is 26.1 Å². The lowest BCUT2D eigenvalue weighted by atomic mass is 9.77. The van der Waals surface area contributed by atoms with E-state index >= 15 is 0 Å². The number of alkyl halides is 1. The van der Waals surface area contributed by atoms with Gasteiger partial charge in [0.05, 0.1) is 5.60 Å². The van der Waals surface area contributed by atoms with Crippen molar-refractivity contribution in [2.24, 2.45) is 5.92 Å². The first-order valence-corrected chi connectivity index (χ1v) is 7.33. The minimum Gasteiger partial charge on any atom is -0.379 e. The first-order chi connectivity index (χ1) is 7.93. The van der Waals surface area contributed by atoms with E-state index < -0.39 is 0 Å². The molecule has 0 heterocycles. The van der Waals surface area contributed by atoms with Gasteiger partial charge in [-0.2, -0.15) is 0 Å². The highest BCUT2D eigenvalue weighted by atomic mass is 35.5. The second kappa shape index (κ2) is 6.40. The molecular formula is C14H28ClNO. The molecule has 1 N–H and O–H groups in total. The third kappa shape index (κ3) is 4.76. The number of hydrogen-bond donors (Lipinski definition) is 1. The molecule has 1 aliphatic carbocycles. The highest BCUT2D eigenvalue weighted by molar-refractivity contribution is 6.18. The second-order valence-electron chi connectivity index (χ2n) is 6.26. The average Bonchev–Trinajstić information content (AvgIpc) is 2.29. The third-order valence-electron chi connectivity index (χ3n) is 4.13. The highest BCUT2D eigenvalue weighted by Gasteiger charge is 2.33. The van der Waals surface area contributed by atoms with Crippen LogP contribution in [0.3, 0.4) is 0 Å². The Hall–Kier alpha value is 0.210. The van der Waals surface area contributed by atoms with E-state index in [-0.39, 0.29) is 11.1 Å². The Bertz CT molecular complexity index is 232. The van der Waals surface area contributed by atoms with Gasteiger partial charge in [-0.05, 0) is 45.6 Å². The van der Waals surface area contributed by atoms with Crippen molar-refractivity contribution in [1.29, 1.82) is 0 Å². The van der Waals surface area contributed by atoms with Gasteiger partial charge in [0.15, 0.2) is 0 Å². The fourth-order valence-electron chi connectivity index (χ4n) is 2.72. The zero-order valence-electron chi connectivity index (χ0n) is 11.8. The van der Waals surface area contributed by atoms with Gasteiger partial charge in [-0.25, -0.2) is 0 Å². The van der Waals surface area contributed by atoms with E-state index in [9.17, 15) is 0 Å². The lowest BCUT2D eigenvalue weighted by Gasteiger charge is -2.40. The molecule has 0 radical (unpaired) electrons. The molecule has 1 saturated carbocycles. The summed E-state index contributed by atoms with van der Waals surface area (Å²) in [7, 11) is 1.78. The monoisotopic (exact) mass is 261 g/mol. The molecule has 0 aromatic heterocycles. The van der Waals surface area contributed by atoms with Crippen molar-refractivity contribution < 1.29 is 4.74 Å². The molecule has 17 heavy (non-hydrogen) atoms. The molecule has 2 atom stereocenters. The van der Waals surface area contributed by atoms with Gasteiger partial charge in [-0.3, -0.25) is 0 Å². The standard InChI is InChI=1S/C14H28ClNO/c1-12-6-5-7-14(10-12,11-15)16-9-8-13(2,3)17-4/h12,16H,5-11H2,1-4H3. The number of nitrogens with one attached hydrogen (secondary N) is 1. The first-order valence-electron chi connectivity index (χ1n) is 6.79. The van der Waals surface area contributed by atoms with Gasteiger partial charge in [-0.1, -0.05) is 19.8 Å². The zero-order chi connectivity index (χ0) is 12.9. The molecule has 0 aromatic carbocycles. The summed E-state index contributed by atoms with van der Waals surface area (Å²) in [6, 6.07) is 0. The molecule has 1 rings (SSSR count). The van der Waals surface area contributed by atoms with Gasteiger partial charge in [-0.15, -0.1) is 11.6 Å². The Morgan fingerprint density at radius 3 is 2.71 bits per heavy atom. The van der Waals surface area contributed by atoms with Crippen LogP contribution in [0, 0.1) is 5.92 Å². The Morgan fingerprint density at radius 1 is 1.47 bits per heavy atom. The maximum absolute atomic E-state index is 6.19. The zero-order valence-corrected chi connectivity index (χ0v) is 12.6. The van der Waals surface area contributed by atoms with Gasteiger partial charge < -0.3 is 10.1 Å². The topological polar surface area (TPSA) is 21.3 Å². The number of ether oxygens (including phenoxy) is 1. The molecule has 0 amide bonds. The van der Waals surface area contributed by atoms with Crippen molar-refractivity contribution in [2.75, 3.05) is 19.5 Å². The van der Waals surface area contributed by atoms with Crippen LogP contribution >= 0.6 is 11.6 Å². The highest BCUT2D eigenvalue weighted by Crippen LogP contribution is 2.33. The Kier molecular flexibility index (Phi) is 5.75. The van der Waals surface area contributed by atoms with E-state index in [4.69, 9.17) is 16.3 Å². The van der Waals surface area contributed by atoms with Crippen molar-refractivity contribution in [1.82, 2.24) is 5.32 Å². The summed E-state index contributed by atoms with van der Waals surface area (Å²) in [6.45, 7) is 7.58. The number of methoxy groups -OCH3 is 1. The predicted molar refractivity (Wildman–Crippen MR) is 74.8 cm³/mol. The molecular weight excluding hydrogens is 234 g/mol. The SMILES string of the molecule is COC(C)(C)CCNC1(CCl)CCCC(C)C1. The van der Waals surface area contributed by atoms with Crippen LogP contribution in [0.2, 0.25) is 0 Å². The fraction of sp³-hybridized carbons (Fsp3) is 1.00. The van der Waals surface area contributed by atoms with Gasteiger partial charge >= 0.3 is 0 Å². The van der Waals surface area contributed by atoms with Gasteiger partial charge in [0.25, 0.3) is 0 Å². The van der Waals surface area contributed by atoms with Crippen LogP contribution in [0.25, 0.3) is 0 Å². The van der Waals surface area contributed by atoms with Crippen LogP contribution in [-0.2, 0) is 4.74 Å². The quantitative estimate of drug-likeness (QED) is 0.738. The minimum absolute atomic E-state index is 0.0409. The maximum Gasteiger partial charge on any atom is 0.0634 e. The molecule has 3 heteroatoms.